The lowest BCUT2D eigenvalue weighted by Gasteiger charge is -2.48. The zero-order valence-corrected chi connectivity index (χ0v) is 16.7. The Morgan fingerprint density at radius 2 is 1.23 bits per heavy atom. The highest BCUT2D eigenvalue weighted by molar-refractivity contribution is 5.99. The molecule has 0 aromatic heterocycles. The largest absolute Gasteiger partial charge is 0.536 e. The van der Waals surface area contributed by atoms with Crippen molar-refractivity contribution in [2.45, 2.75) is 85.5 Å². The van der Waals surface area contributed by atoms with Gasteiger partial charge in [-0.15, -0.1) is 19.0 Å². The summed E-state index contributed by atoms with van der Waals surface area (Å²) in [4.78, 5) is 72.3. The molecule has 10 heteroatoms. The molecule has 0 radical (unpaired) electrons. The van der Waals surface area contributed by atoms with Crippen LogP contribution in [-0.4, -0.2) is 76.1 Å². The van der Waals surface area contributed by atoms with Crippen LogP contribution in [0.4, 0.5) is 14.4 Å². The van der Waals surface area contributed by atoms with Gasteiger partial charge in [0.25, 0.3) is 0 Å². The molecule has 2 spiro atoms. The highest BCUT2D eigenvalue weighted by atomic mass is 16.3. The summed E-state index contributed by atoms with van der Waals surface area (Å²) in [5, 5.41) is 0. The Morgan fingerprint density at radius 3 is 1.58 bits per heavy atom. The number of isocyanates is 2. The van der Waals surface area contributed by atoms with Crippen LogP contribution in [0.2, 0.25) is 0 Å². The van der Waals surface area contributed by atoms with E-state index in [0.717, 1.165) is 17.7 Å². The molecular formula is C21H35N5O5+2. The highest BCUT2D eigenvalue weighted by Gasteiger charge is 2.74. The molecule has 4 unspecified atom stereocenters. The summed E-state index contributed by atoms with van der Waals surface area (Å²) < 4.78 is -1.42. The molecule has 3 aliphatic heterocycles. The molecule has 0 aliphatic carbocycles. The van der Waals surface area contributed by atoms with E-state index in [0.29, 0.717) is 38.5 Å². The fourth-order valence-corrected chi connectivity index (χ4v) is 5.07. The number of carbonyl (C=O) groups is 3. The van der Waals surface area contributed by atoms with Crippen molar-refractivity contribution in [2.75, 3.05) is 19.6 Å². The molecule has 10 nitrogen and oxygen atoms in total. The smallest absolute Gasteiger partial charge is 0.211 e. The first kappa shape index (κ1) is 26.5. The monoisotopic (exact) mass is 437 g/mol. The fourth-order valence-electron chi connectivity index (χ4n) is 5.07. The van der Waals surface area contributed by atoms with Gasteiger partial charge in [0.1, 0.15) is 13.1 Å². The van der Waals surface area contributed by atoms with Crippen molar-refractivity contribution >= 4 is 30.3 Å². The molecule has 4 atom stereocenters. The Bertz CT molecular complexity index is 742. The summed E-state index contributed by atoms with van der Waals surface area (Å²) in [6, 6.07) is -1.91. The van der Waals surface area contributed by atoms with E-state index in [9.17, 15) is 24.0 Å². The van der Waals surface area contributed by atoms with Crippen LogP contribution in [0.1, 0.15) is 73.1 Å². The maximum atomic E-state index is 14.1. The molecule has 0 aromatic carbocycles. The van der Waals surface area contributed by atoms with Crippen molar-refractivity contribution in [1.82, 2.24) is 4.90 Å². The lowest BCUT2D eigenvalue weighted by molar-refractivity contribution is -0.932. The van der Waals surface area contributed by atoms with Crippen LogP contribution >= 0.6 is 0 Å². The summed E-state index contributed by atoms with van der Waals surface area (Å²) in [5.74, 6) is 0. The molecule has 3 saturated heterocycles. The minimum atomic E-state index is -0.920. The summed E-state index contributed by atoms with van der Waals surface area (Å²) in [6.07, 6.45) is 6.15. The van der Waals surface area contributed by atoms with Gasteiger partial charge in [0.15, 0.2) is 0 Å². The lowest BCUT2D eigenvalue weighted by Crippen LogP contribution is -2.83. The van der Waals surface area contributed by atoms with Gasteiger partial charge in [0.05, 0.1) is 0 Å². The molecule has 172 valence electrons. The van der Waals surface area contributed by atoms with E-state index in [1.54, 1.807) is 6.92 Å². The number of amides is 6. The van der Waals surface area contributed by atoms with Gasteiger partial charge in [-0.1, -0.05) is 14.9 Å². The molecule has 3 heterocycles. The Morgan fingerprint density at radius 1 is 0.806 bits per heavy atom. The van der Waals surface area contributed by atoms with Crippen molar-refractivity contribution in [3.8, 4) is 0 Å². The van der Waals surface area contributed by atoms with E-state index in [1.807, 2.05) is 0 Å². The van der Waals surface area contributed by atoms with E-state index < -0.39 is 39.4 Å². The number of hydrogen-bond donors (Lipinski definition) is 0. The Kier molecular flexibility index (Phi) is 9.14. The molecule has 6 amide bonds. The average Bonchev–Trinajstić information content (AvgIpc) is 3.05. The Balaban J connectivity index is 0.00000240. The zero-order valence-electron chi connectivity index (χ0n) is 16.7. The molecule has 0 N–H and O–H groups in total. The summed E-state index contributed by atoms with van der Waals surface area (Å²) in [6.45, 7) is 2.08. The molecule has 31 heavy (non-hydrogen) atoms. The molecule has 0 bridgehead atoms. The Labute approximate surface area is 183 Å². The third-order valence-corrected chi connectivity index (χ3v) is 6.51. The number of rotatable bonds is 3. The van der Waals surface area contributed by atoms with E-state index >= 15 is 0 Å². The Hall–Kier alpha value is -2.51. The van der Waals surface area contributed by atoms with Gasteiger partial charge in [0, 0.05) is 19.4 Å². The third kappa shape index (κ3) is 3.92. The van der Waals surface area contributed by atoms with Gasteiger partial charge < -0.3 is 0 Å². The van der Waals surface area contributed by atoms with Gasteiger partial charge in [0.2, 0.25) is 24.5 Å². The van der Waals surface area contributed by atoms with Gasteiger partial charge in [-0.3, -0.25) is 0 Å². The van der Waals surface area contributed by atoms with Crippen molar-refractivity contribution in [3.63, 3.8) is 0 Å². The maximum Gasteiger partial charge on any atom is 0.536 e. The van der Waals surface area contributed by atoms with Crippen LogP contribution in [0.25, 0.3) is 0 Å². The number of aliphatic imine (C=N–C) groups is 2. The summed E-state index contributed by atoms with van der Waals surface area (Å²) in [7, 11) is 0. The van der Waals surface area contributed by atoms with E-state index in [4.69, 9.17) is 0 Å². The van der Waals surface area contributed by atoms with E-state index in [2.05, 4.69) is 9.98 Å². The second-order valence-corrected chi connectivity index (χ2v) is 7.88. The molecule has 3 aliphatic rings. The van der Waals surface area contributed by atoms with Gasteiger partial charge in [-0.25, -0.2) is 19.2 Å². The van der Waals surface area contributed by atoms with E-state index in [-0.39, 0.29) is 34.5 Å². The SMILES string of the molecule is C.C.CCN1C(=O)[N+]2(CCCCCC2N=C=O)C(=O)[N+]2(CCCCCC2N=C=O)C1=O. The van der Waals surface area contributed by atoms with Crippen LogP contribution in [0, 0.1) is 0 Å². The predicted molar refractivity (Wildman–Crippen MR) is 113 cm³/mol. The van der Waals surface area contributed by atoms with Crippen molar-refractivity contribution in [3.05, 3.63) is 0 Å². The van der Waals surface area contributed by atoms with Gasteiger partial charge >= 0.3 is 18.1 Å². The topological polar surface area (TPSA) is 113 Å². The number of nitrogens with zero attached hydrogens (tertiary/aromatic N) is 5. The zero-order chi connectivity index (χ0) is 21.1. The standard InChI is InChI=1S/C19H27N5O5.2CH4/c1-2-22-17(27)23(11-7-3-5-9-15(23)20-13-25)19(29)24(18(22)28)12-8-4-6-10-16(24)21-14-26;;/h15-16H,2-12H2,1H3;2*1H4/q+2;;. The molecule has 3 rings (SSSR count). The van der Waals surface area contributed by atoms with Gasteiger partial charge in [-0.05, 0) is 45.4 Å². The molecule has 3 fully saturated rings. The van der Waals surface area contributed by atoms with Crippen molar-refractivity contribution in [2.24, 2.45) is 9.98 Å². The second-order valence-electron chi connectivity index (χ2n) is 7.88. The first-order chi connectivity index (χ1) is 14.0. The number of urea groups is 3. The average molecular weight is 438 g/mol. The number of imide groups is 3. The normalized spacial score (nSPS) is 33.3. The fraction of sp³-hybridized carbons (Fsp3) is 0.762. The number of carbonyl (C=O) groups excluding carboxylic acids is 5. The van der Waals surface area contributed by atoms with Gasteiger partial charge in [-0.2, -0.15) is 9.69 Å². The third-order valence-electron chi connectivity index (χ3n) is 6.51. The molecule has 0 aromatic rings. The summed E-state index contributed by atoms with van der Waals surface area (Å²) >= 11 is 0. The minimum absolute atomic E-state index is 0. The second kappa shape index (κ2) is 10.7. The van der Waals surface area contributed by atoms with E-state index in [1.165, 1.54) is 12.2 Å². The van der Waals surface area contributed by atoms with Crippen LogP contribution in [0.15, 0.2) is 9.98 Å². The highest BCUT2D eigenvalue weighted by Crippen LogP contribution is 2.41. The predicted octanol–water partition coefficient (Wildman–Crippen LogP) is 4.06. The van der Waals surface area contributed by atoms with Crippen molar-refractivity contribution in [1.29, 1.82) is 0 Å². The van der Waals surface area contributed by atoms with Crippen molar-refractivity contribution < 1.29 is 32.9 Å². The quantitative estimate of drug-likeness (QED) is 0.375. The molecular weight excluding hydrogens is 402 g/mol. The minimum Gasteiger partial charge on any atom is -0.211 e. The van der Waals surface area contributed by atoms with Crippen LogP contribution in [-0.2, 0) is 9.59 Å². The first-order valence-electron chi connectivity index (χ1n) is 10.3. The number of hydrogen-bond acceptors (Lipinski definition) is 7. The van der Waals surface area contributed by atoms with Crippen LogP contribution in [0.3, 0.4) is 0 Å². The molecule has 0 saturated carbocycles. The van der Waals surface area contributed by atoms with Crippen LogP contribution in [0.5, 0.6) is 0 Å². The maximum absolute atomic E-state index is 14.1. The summed E-state index contributed by atoms with van der Waals surface area (Å²) in [5.41, 5.74) is 0. The lowest BCUT2D eigenvalue weighted by atomic mass is 10.1. The van der Waals surface area contributed by atoms with Crippen LogP contribution < -0.4 is 0 Å². The number of quaternary nitrogens is 2. The first-order valence-corrected chi connectivity index (χ1v) is 10.3.